The lowest BCUT2D eigenvalue weighted by Crippen LogP contribution is -2.30. The lowest BCUT2D eigenvalue weighted by Gasteiger charge is -2.26. The first-order valence-electron chi connectivity index (χ1n) is 6.52. The van der Waals surface area contributed by atoms with E-state index in [4.69, 9.17) is 9.47 Å². The quantitative estimate of drug-likeness (QED) is 0.686. The fourth-order valence-corrected chi connectivity index (χ4v) is 1.94. The molecule has 0 aromatic carbocycles. The zero-order valence-electron chi connectivity index (χ0n) is 12.1. The highest BCUT2D eigenvalue weighted by Gasteiger charge is 2.11. The summed E-state index contributed by atoms with van der Waals surface area (Å²) in [6.45, 7) is 4.98. The summed E-state index contributed by atoms with van der Waals surface area (Å²) >= 11 is 0. The van der Waals surface area contributed by atoms with E-state index in [-0.39, 0.29) is 6.61 Å². The van der Waals surface area contributed by atoms with Gasteiger partial charge in [-0.2, -0.15) is 0 Å². The maximum Gasteiger partial charge on any atom is 0.0717 e. The summed E-state index contributed by atoms with van der Waals surface area (Å²) in [6, 6.07) is 2.01. The molecule has 0 bridgehead atoms. The lowest BCUT2D eigenvalue weighted by atomic mass is 10.2. The van der Waals surface area contributed by atoms with Crippen molar-refractivity contribution in [3.8, 4) is 0 Å². The molecule has 1 N–H and O–H groups in total. The third kappa shape index (κ3) is 5.14. The SMILES string of the molecule is COCCCN(CCOC)c1cc(C)ncc1CO. The van der Waals surface area contributed by atoms with E-state index >= 15 is 0 Å². The molecule has 108 valence electrons. The van der Waals surface area contributed by atoms with Crippen molar-refractivity contribution >= 4 is 5.69 Å². The van der Waals surface area contributed by atoms with Crippen LogP contribution in [0.5, 0.6) is 0 Å². The second-order valence-electron chi connectivity index (χ2n) is 4.44. The molecule has 1 heterocycles. The highest BCUT2D eigenvalue weighted by Crippen LogP contribution is 2.21. The molecule has 0 atom stereocenters. The molecular formula is C14H24N2O3. The average molecular weight is 268 g/mol. The number of anilines is 1. The van der Waals surface area contributed by atoms with Gasteiger partial charge in [0, 0.05) is 57.1 Å². The number of aliphatic hydroxyl groups is 1. The Labute approximate surface area is 115 Å². The van der Waals surface area contributed by atoms with Crippen LogP contribution in [0.25, 0.3) is 0 Å². The van der Waals surface area contributed by atoms with Gasteiger partial charge in [0.15, 0.2) is 0 Å². The third-order valence-electron chi connectivity index (χ3n) is 2.95. The van der Waals surface area contributed by atoms with Gasteiger partial charge in [-0.15, -0.1) is 0 Å². The molecule has 0 aliphatic carbocycles. The molecule has 0 aliphatic heterocycles. The molecule has 1 aromatic rings. The summed E-state index contributed by atoms with van der Waals surface area (Å²) in [5.74, 6) is 0. The predicted molar refractivity (Wildman–Crippen MR) is 75.5 cm³/mol. The zero-order valence-corrected chi connectivity index (χ0v) is 12.1. The number of nitrogens with zero attached hydrogens (tertiary/aromatic N) is 2. The topological polar surface area (TPSA) is 54.8 Å². The third-order valence-corrected chi connectivity index (χ3v) is 2.95. The van der Waals surface area contributed by atoms with E-state index in [0.717, 1.165) is 43.1 Å². The van der Waals surface area contributed by atoms with E-state index in [1.54, 1.807) is 20.4 Å². The standard InChI is InChI=1S/C14H24N2O3/c1-12-9-14(13(11-17)10-15-12)16(6-8-19-3)5-4-7-18-2/h9-10,17H,4-8,11H2,1-3H3. The molecular weight excluding hydrogens is 244 g/mol. The molecule has 5 nitrogen and oxygen atoms in total. The van der Waals surface area contributed by atoms with E-state index in [1.807, 2.05) is 13.0 Å². The molecule has 19 heavy (non-hydrogen) atoms. The Morgan fingerprint density at radius 3 is 2.58 bits per heavy atom. The molecule has 0 amide bonds. The minimum absolute atomic E-state index is 0.00360. The van der Waals surface area contributed by atoms with E-state index in [2.05, 4.69) is 9.88 Å². The van der Waals surface area contributed by atoms with E-state index in [9.17, 15) is 5.11 Å². The molecule has 0 unspecified atom stereocenters. The van der Waals surface area contributed by atoms with Crippen molar-refractivity contribution in [2.75, 3.05) is 45.4 Å². The zero-order chi connectivity index (χ0) is 14.1. The second-order valence-corrected chi connectivity index (χ2v) is 4.44. The van der Waals surface area contributed by atoms with Gasteiger partial charge in [0.05, 0.1) is 13.2 Å². The number of methoxy groups -OCH3 is 2. The predicted octanol–water partition coefficient (Wildman–Crippen LogP) is 1.37. The molecule has 0 saturated carbocycles. The fourth-order valence-electron chi connectivity index (χ4n) is 1.94. The van der Waals surface area contributed by atoms with Crippen LogP contribution >= 0.6 is 0 Å². The molecule has 0 aliphatic rings. The van der Waals surface area contributed by atoms with Gasteiger partial charge in [-0.1, -0.05) is 0 Å². The van der Waals surface area contributed by atoms with Crippen LogP contribution in [0.3, 0.4) is 0 Å². The van der Waals surface area contributed by atoms with E-state index in [0.29, 0.717) is 6.61 Å². The van der Waals surface area contributed by atoms with Gasteiger partial charge in [-0.25, -0.2) is 0 Å². The Hall–Kier alpha value is -1.17. The molecule has 0 spiro atoms. The monoisotopic (exact) mass is 268 g/mol. The molecule has 1 rings (SSSR count). The lowest BCUT2D eigenvalue weighted by molar-refractivity contribution is 0.191. The van der Waals surface area contributed by atoms with Gasteiger partial charge in [-0.05, 0) is 19.4 Å². The van der Waals surface area contributed by atoms with Crippen molar-refractivity contribution in [2.45, 2.75) is 20.0 Å². The molecule has 1 aromatic heterocycles. The minimum Gasteiger partial charge on any atom is -0.392 e. The molecule has 0 saturated heterocycles. The van der Waals surface area contributed by atoms with E-state index < -0.39 is 0 Å². The van der Waals surface area contributed by atoms with Crippen LogP contribution in [0.2, 0.25) is 0 Å². The van der Waals surface area contributed by atoms with Crippen LogP contribution in [0, 0.1) is 6.92 Å². The van der Waals surface area contributed by atoms with Crippen molar-refractivity contribution < 1.29 is 14.6 Å². The van der Waals surface area contributed by atoms with Gasteiger partial charge >= 0.3 is 0 Å². The van der Waals surface area contributed by atoms with Crippen molar-refractivity contribution in [3.63, 3.8) is 0 Å². The second kappa shape index (κ2) is 8.85. The summed E-state index contributed by atoms with van der Waals surface area (Å²) in [6.07, 6.45) is 2.67. The van der Waals surface area contributed by atoms with Crippen LogP contribution < -0.4 is 4.90 Å². The summed E-state index contributed by atoms with van der Waals surface area (Å²) in [5.41, 5.74) is 2.82. The smallest absolute Gasteiger partial charge is 0.0717 e. The Bertz CT molecular complexity index is 372. The Morgan fingerprint density at radius 2 is 1.95 bits per heavy atom. The number of aliphatic hydroxyl groups excluding tert-OH is 1. The van der Waals surface area contributed by atoms with Crippen LogP contribution in [-0.2, 0) is 16.1 Å². The Balaban J connectivity index is 2.84. The van der Waals surface area contributed by atoms with Crippen LogP contribution in [0.4, 0.5) is 5.69 Å². The van der Waals surface area contributed by atoms with Gasteiger partial charge < -0.3 is 19.5 Å². The van der Waals surface area contributed by atoms with Crippen LogP contribution in [0.1, 0.15) is 17.7 Å². The maximum absolute atomic E-state index is 9.43. The largest absolute Gasteiger partial charge is 0.392 e. The average Bonchev–Trinajstić information content (AvgIpc) is 2.42. The molecule has 5 heteroatoms. The number of rotatable bonds is 9. The van der Waals surface area contributed by atoms with Crippen molar-refractivity contribution in [1.82, 2.24) is 4.98 Å². The van der Waals surface area contributed by atoms with Crippen molar-refractivity contribution in [1.29, 1.82) is 0 Å². The Kier molecular flexibility index (Phi) is 7.40. The molecule has 0 fully saturated rings. The van der Waals surface area contributed by atoms with Gasteiger partial charge in [0.2, 0.25) is 0 Å². The number of aryl methyl sites for hydroxylation is 1. The van der Waals surface area contributed by atoms with Gasteiger partial charge in [0.25, 0.3) is 0 Å². The first-order chi connectivity index (χ1) is 9.22. The highest BCUT2D eigenvalue weighted by atomic mass is 16.5. The fraction of sp³-hybridized carbons (Fsp3) is 0.643. The summed E-state index contributed by atoms with van der Waals surface area (Å²) < 4.78 is 10.2. The van der Waals surface area contributed by atoms with Crippen molar-refractivity contribution in [3.05, 3.63) is 23.5 Å². The van der Waals surface area contributed by atoms with Gasteiger partial charge in [0.1, 0.15) is 0 Å². The normalized spacial score (nSPS) is 10.7. The summed E-state index contributed by atoms with van der Waals surface area (Å²) in [4.78, 5) is 6.44. The minimum atomic E-state index is -0.00360. The molecule has 0 radical (unpaired) electrons. The van der Waals surface area contributed by atoms with Crippen LogP contribution in [0.15, 0.2) is 12.3 Å². The first-order valence-corrected chi connectivity index (χ1v) is 6.52. The van der Waals surface area contributed by atoms with E-state index in [1.165, 1.54) is 0 Å². The maximum atomic E-state index is 9.43. The number of ether oxygens (including phenoxy) is 2. The number of aromatic nitrogens is 1. The highest BCUT2D eigenvalue weighted by molar-refractivity contribution is 5.53. The number of hydrogen-bond acceptors (Lipinski definition) is 5. The van der Waals surface area contributed by atoms with Crippen LogP contribution in [-0.4, -0.2) is 50.6 Å². The Morgan fingerprint density at radius 1 is 1.21 bits per heavy atom. The summed E-state index contributed by atoms with van der Waals surface area (Å²) in [7, 11) is 3.40. The summed E-state index contributed by atoms with van der Waals surface area (Å²) in [5, 5.41) is 9.43. The van der Waals surface area contributed by atoms with Crippen molar-refractivity contribution in [2.24, 2.45) is 0 Å². The number of pyridine rings is 1. The van der Waals surface area contributed by atoms with Gasteiger partial charge in [-0.3, -0.25) is 4.98 Å². The first kappa shape index (κ1) is 15.9. The number of hydrogen-bond donors (Lipinski definition) is 1.